The van der Waals surface area contributed by atoms with Gasteiger partial charge in [-0.15, -0.1) is 0 Å². The lowest BCUT2D eigenvalue weighted by atomic mass is 10.0. The van der Waals surface area contributed by atoms with Crippen LogP contribution in [0.15, 0.2) is 28.7 Å². The van der Waals surface area contributed by atoms with Crippen LogP contribution in [0.25, 0.3) is 0 Å². The summed E-state index contributed by atoms with van der Waals surface area (Å²) in [6.07, 6.45) is 1.17. The summed E-state index contributed by atoms with van der Waals surface area (Å²) in [7, 11) is -3.20. The number of hydrogen-bond acceptors (Lipinski definition) is 3. The summed E-state index contributed by atoms with van der Waals surface area (Å²) in [5.74, 6) is 0. The second kappa shape index (κ2) is 6.35. The van der Waals surface area contributed by atoms with Crippen LogP contribution in [0.4, 0.5) is 0 Å². The SMILES string of the molecule is CC(NCC(C)(C)NS(C)(=O)=O)c1ccc(Br)cc1. The van der Waals surface area contributed by atoms with Crippen LogP contribution in [0, 0.1) is 0 Å². The van der Waals surface area contributed by atoms with E-state index in [2.05, 4.69) is 32.9 Å². The van der Waals surface area contributed by atoms with Crippen LogP contribution < -0.4 is 10.0 Å². The van der Waals surface area contributed by atoms with Gasteiger partial charge in [0.15, 0.2) is 0 Å². The van der Waals surface area contributed by atoms with Gasteiger partial charge in [-0.25, -0.2) is 13.1 Å². The molecule has 0 heterocycles. The van der Waals surface area contributed by atoms with E-state index in [4.69, 9.17) is 0 Å². The molecule has 0 aliphatic heterocycles. The van der Waals surface area contributed by atoms with E-state index in [1.807, 2.05) is 38.1 Å². The van der Waals surface area contributed by atoms with Gasteiger partial charge in [-0.1, -0.05) is 28.1 Å². The van der Waals surface area contributed by atoms with Gasteiger partial charge in [0, 0.05) is 22.6 Å². The molecule has 0 saturated heterocycles. The van der Waals surface area contributed by atoms with Crippen LogP contribution in [-0.2, 0) is 10.0 Å². The Hall–Kier alpha value is -0.430. The molecule has 0 bridgehead atoms. The maximum atomic E-state index is 11.3. The molecule has 4 nitrogen and oxygen atoms in total. The predicted octanol–water partition coefficient (Wildman–Crippen LogP) is 2.43. The molecule has 0 saturated carbocycles. The molecular formula is C13H21BrN2O2S. The largest absolute Gasteiger partial charge is 0.308 e. The maximum Gasteiger partial charge on any atom is 0.209 e. The van der Waals surface area contributed by atoms with Crippen molar-refractivity contribution >= 4 is 26.0 Å². The van der Waals surface area contributed by atoms with Crippen molar-refractivity contribution in [2.45, 2.75) is 32.4 Å². The van der Waals surface area contributed by atoms with Gasteiger partial charge < -0.3 is 5.32 Å². The molecule has 2 N–H and O–H groups in total. The topological polar surface area (TPSA) is 58.2 Å². The summed E-state index contributed by atoms with van der Waals surface area (Å²) in [5, 5.41) is 3.34. The molecule has 0 spiro atoms. The summed E-state index contributed by atoms with van der Waals surface area (Å²) < 4.78 is 26.2. The van der Waals surface area contributed by atoms with Crippen molar-refractivity contribution in [1.29, 1.82) is 0 Å². The third kappa shape index (κ3) is 6.51. The van der Waals surface area contributed by atoms with Gasteiger partial charge in [-0.05, 0) is 38.5 Å². The first-order valence-electron chi connectivity index (χ1n) is 6.07. The molecule has 1 rings (SSSR count). The van der Waals surface area contributed by atoms with Gasteiger partial charge in [-0.2, -0.15) is 0 Å². The number of benzene rings is 1. The van der Waals surface area contributed by atoms with Crippen molar-refractivity contribution < 1.29 is 8.42 Å². The van der Waals surface area contributed by atoms with Crippen molar-refractivity contribution in [3.8, 4) is 0 Å². The maximum absolute atomic E-state index is 11.3. The number of nitrogens with one attached hydrogen (secondary N) is 2. The van der Waals surface area contributed by atoms with Gasteiger partial charge in [0.25, 0.3) is 0 Å². The second-order valence-electron chi connectivity index (χ2n) is 5.41. The number of hydrogen-bond donors (Lipinski definition) is 2. The fourth-order valence-electron chi connectivity index (χ4n) is 1.82. The monoisotopic (exact) mass is 348 g/mol. The first-order chi connectivity index (χ1) is 8.59. The van der Waals surface area contributed by atoms with Crippen molar-refractivity contribution in [2.75, 3.05) is 12.8 Å². The smallest absolute Gasteiger partial charge is 0.209 e. The molecular weight excluding hydrogens is 328 g/mol. The van der Waals surface area contributed by atoms with E-state index in [-0.39, 0.29) is 6.04 Å². The normalized spacial score (nSPS) is 14.4. The highest BCUT2D eigenvalue weighted by Gasteiger charge is 2.22. The molecule has 0 aromatic heterocycles. The molecule has 1 aromatic rings. The van der Waals surface area contributed by atoms with Crippen LogP contribution in [0.2, 0.25) is 0 Å². The van der Waals surface area contributed by atoms with Crippen molar-refractivity contribution in [1.82, 2.24) is 10.0 Å². The summed E-state index contributed by atoms with van der Waals surface area (Å²) in [6.45, 7) is 6.32. The zero-order valence-corrected chi connectivity index (χ0v) is 14.1. The highest BCUT2D eigenvalue weighted by molar-refractivity contribution is 9.10. The summed E-state index contributed by atoms with van der Waals surface area (Å²) >= 11 is 3.40. The Morgan fingerprint density at radius 2 is 1.79 bits per heavy atom. The highest BCUT2D eigenvalue weighted by Crippen LogP contribution is 2.17. The third-order valence-electron chi connectivity index (χ3n) is 2.68. The quantitative estimate of drug-likeness (QED) is 0.829. The van der Waals surface area contributed by atoms with E-state index >= 15 is 0 Å². The molecule has 6 heteroatoms. The Bertz CT molecular complexity index is 512. The lowest BCUT2D eigenvalue weighted by molar-refractivity contribution is 0.399. The Labute approximate surface area is 124 Å². The second-order valence-corrected chi connectivity index (χ2v) is 8.08. The predicted molar refractivity (Wildman–Crippen MR) is 82.6 cm³/mol. The van der Waals surface area contributed by atoms with Crippen LogP contribution in [-0.4, -0.2) is 26.8 Å². The summed E-state index contributed by atoms with van der Waals surface area (Å²) in [5.41, 5.74) is 0.648. The Morgan fingerprint density at radius 3 is 2.26 bits per heavy atom. The average molecular weight is 349 g/mol. The van der Waals surface area contributed by atoms with Gasteiger partial charge in [0.2, 0.25) is 10.0 Å². The number of rotatable bonds is 6. The molecule has 19 heavy (non-hydrogen) atoms. The average Bonchev–Trinajstić information content (AvgIpc) is 2.24. The van der Waals surface area contributed by atoms with Crippen LogP contribution in [0.3, 0.4) is 0 Å². The Morgan fingerprint density at radius 1 is 1.26 bits per heavy atom. The lowest BCUT2D eigenvalue weighted by Crippen LogP contribution is -2.50. The van der Waals surface area contributed by atoms with E-state index in [1.165, 1.54) is 11.8 Å². The van der Waals surface area contributed by atoms with Gasteiger partial charge in [0.05, 0.1) is 6.26 Å². The molecule has 0 fully saturated rings. The first-order valence-corrected chi connectivity index (χ1v) is 8.75. The Kier molecular flexibility index (Phi) is 5.55. The minimum atomic E-state index is -3.20. The van der Waals surface area contributed by atoms with Crippen LogP contribution in [0.1, 0.15) is 32.4 Å². The van der Waals surface area contributed by atoms with E-state index < -0.39 is 15.6 Å². The number of halogens is 1. The molecule has 0 aliphatic rings. The fourth-order valence-corrected chi connectivity index (χ4v) is 3.16. The van der Waals surface area contributed by atoms with E-state index in [0.717, 1.165) is 4.47 Å². The van der Waals surface area contributed by atoms with E-state index in [1.54, 1.807) is 0 Å². The summed E-state index contributed by atoms with van der Waals surface area (Å²) in [4.78, 5) is 0. The molecule has 108 valence electrons. The number of sulfonamides is 1. The molecule has 1 aromatic carbocycles. The molecule has 0 radical (unpaired) electrons. The third-order valence-corrected chi connectivity index (χ3v) is 4.13. The fraction of sp³-hybridized carbons (Fsp3) is 0.538. The zero-order chi connectivity index (χ0) is 14.7. The molecule has 1 atom stereocenters. The first kappa shape index (κ1) is 16.6. The van der Waals surface area contributed by atoms with Crippen molar-refractivity contribution in [3.05, 3.63) is 34.3 Å². The highest BCUT2D eigenvalue weighted by atomic mass is 79.9. The van der Waals surface area contributed by atoms with Crippen molar-refractivity contribution in [3.63, 3.8) is 0 Å². The molecule has 0 amide bonds. The van der Waals surface area contributed by atoms with Gasteiger partial charge >= 0.3 is 0 Å². The van der Waals surface area contributed by atoms with Gasteiger partial charge in [-0.3, -0.25) is 0 Å². The van der Waals surface area contributed by atoms with E-state index in [9.17, 15) is 8.42 Å². The molecule has 1 unspecified atom stereocenters. The summed E-state index contributed by atoms with van der Waals surface area (Å²) in [6, 6.07) is 8.23. The Balaban J connectivity index is 2.58. The standard InChI is InChI=1S/C13H21BrN2O2S/c1-10(11-5-7-12(14)8-6-11)15-9-13(2,3)16-19(4,17)18/h5-8,10,15-16H,9H2,1-4H3. The van der Waals surface area contributed by atoms with Crippen LogP contribution >= 0.6 is 15.9 Å². The van der Waals surface area contributed by atoms with Gasteiger partial charge in [0.1, 0.15) is 0 Å². The zero-order valence-electron chi connectivity index (χ0n) is 11.7. The molecule has 0 aliphatic carbocycles. The lowest BCUT2D eigenvalue weighted by Gasteiger charge is -2.27. The minimum absolute atomic E-state index is 0.161. The van der Waals surface area contributed by atoms with E-state index in [0.29, 0.717) is 6.54 Å². The van der Waals surface area contributed by atoms with Crippen molar-refractivity contribution in [2.24, 2.45) is 0 Å². The minimum Gasteiger partial charge on any atom is -0.308 e. The van der Waals surface area contributed by atoms with Crippen LogP contribution in [0.5, 0.6) is 0 Å².